The third kappa shape index (κ3) is 3.05. The molecule has 0 aliphatic carbocycles. The predicted octanol–water partition coefficient (Wildman–Crippen LogP) is 1.52. The summed E-state index contributed by atoms with van der Waals surface area (Å²) in [6, 6.07) is 9.40. The van der Waals surface area contributed by atoms with E-state index in [1.54, 1.807) is 20.3 Å². The van der Waals surface area contributed by atoms with E-state index in [2.05, 4.69) is 5.32 Å². The second-order valence-electron chi connectivity index (χ2n) is 5.81. The molecule has 5 heteroatoms. The molecule has 1 heterocycles. The summed E-state index contributed by atoms with van der Waals surface area (Å²) in [4.78, 5) is 0. The molecule has 0 fully saturated rings. The Balaban J connectivity index is 1.90. The summed E-state index contributed by atoms with van der Waals surface area (Å²) in [5, 5.41) is 22.1. The quantitative estimate of drug-likeness (QED) is 0.799. The van der Waals surface area contributed by atoms with Crippen LogP contribution in [0.3, 0.4) is 0 Å². The van der Waals surface area contributed by atoms with Crippen LogP contribution in [0.15, 0.2) is 30.3 Å². The van der Waals surface area contributed by atoms with Gasteiger partial charge in [0.2, 0.25) is 0 Å². The molecular weight excluding hydrogens is 294 g/mol. The van der Waals surface area contributed by atoms with Crippen LogP contribution < -0.4 is 14.8 Å². The van der Waals surface area contributed by atoms with Crippen LogP contribution in [0.1, 0.15) is 22.7 Å². The van der Waals surface area contributed by atoms with E-state index in [1.807, 2.05) is 24.3 Å². The van der Waals surface area contributed by atoms with Crippen molar-refractivity contribution in [2.75, 3.05) is 20.8 Å². The summed E-state index contributed by atoms with van der Waals surface area (Å²) in [5.41, 5.74) is 3.45. The maximum Gasteiger partial charge on any atom is 0.160 e. The lowest BCUT2D eigenvalue weighted by atomic mass is 9.90. The standard InChI is InChI=1S/C18H21NO4/c1-22-17-8-11(3-4-15(17)20)7-14-13-10-16(21)18(23-2)9-12(13)5-6-19-14/h3-4,8-10,14,19-21H,5-7H2,1-2H3/p+1. The lowest BCUT2D eigenvalue weighted by Crippen LogP contribution is -2.87. The predicted molar refractivity (Wildman–Crippen MR) is 86.3 cm³/mol. The van der Waals surface area contributed by atoms with Gasteiger partial charge < -0.3 is 25.0 Å². The first-order valence-electron chi connectivity index (χ1n) is 7.71. The van der Waals surface area contributed by atoms with Gasteiger partial charge in [0, 0.05) is 18.4 Å². The highest BCUT2D eigenvalue weighted by molar-refractivity contribution is 5.48. The summed E-state index contributed by atoms with van der Waals surface area (Å²) >= 11 is 0. The lowest BCUT2D eigenvalue weighted by Gasteiger charge is -2.25. The normalized spacial score (nSPS) is 16.7. The molecule has 0 aromatic heterocycles. The zero-order chi connectivity index (χ0) is 16.4. The van der Waals surface area contributed by atoms with Crippen molar-refractivity contribution in [1.29, 1.82) is 0 Å². The van der Waals surface area contributed by atoms with Crippen molar-refractivity contribution in [3.8, 4) is 23.0 Å². The van der Waals surface area contributed by atoms with Crippen molar-refractivity contribution in [1.82, 2.24) is 0 Å². The van der Waals surface area contributed by atoms with Gasteiger partial charge in [-0.2, -0.15) is 0 Å². The SMILES string of the molecule is COc1cc(CC2[NH2+]CCc3cc(OC)c(O)cc32)ccc1O. The molecule has 1 aliphatic heterocycles. The summed E-state index contributed by atoms with van der Waals surface area (Å²) < 4.78 is 10.4. The first-order valence-corrected chi connectivity index (χ1v) is 7.71. The van der Waals surface area contributed by atoms with Crippen molar-refractivity contribution in [3.05, 3.63) is 47.0 Å². The van der Waals surface area contributed by atoms with Gasteiger partial charge in [0.15, 0.2) is 23.0 Å². The number of phenols is 2. The van der Waals surface area contributed by atoms with Crippen molar-refractivity contribution >= 4 is 0 Å². The number of ether oxygens (including phenoxy) is 2. The number of aromatic hydroxyl groups is 2. The monoisotopic (exact) mass is 316 g/mol. The van der Waals surface area contributed by atoms with Crippen LogP contribution in [0.4, 0.5) is 0 Å². The van der Waals surface area contributed by atoms with Crippen molar-refractivity contribution in [2.24, 2.45) is 0 Å². The molecule has 0 radical (unpaired) electrons. The Labute approximate surface area is 135 Å². The van der Waals surface area contributed by atoms with Gasteiger partial charge in [0.1, 0.15) is 6.04 Å². The van der Waals surface area contributed by atoms with Gasteiger partial charge in [0.05, 0.1) is 20.8 Å². The molecule has 122 valence electrons. The van der Waals surface area contributed by atoms with Gasteiger partial charge >= 0.3 is 0 Å². The van der Waals surface area contributed by atoms with Gasteiger partial charge in [-0.25, -0.2) is 0 Å². The van der Waals surface area contributed by atoms with E-state index < -0.39 is 0 Å². The Morgan fingerprint density at radius 3 is 2.52 bits per heavy atom. The molecule has 0 bridgehead atoms. The summed E-state index contributed by atoms with van der Waals surface area (Å²) in [7, 11) is 3.11. The minimum absolute atomic E-state index is 0.145. The molecule has 1 atom stereocenters. The lowest BCUT2D eigenvalue weighted by molar-refractivity contribution is -0.698. The summed E-state index contributed by atoms with van der Waals surface area (Å²) in [5.74, 6) is 1.33. The Morgan fingerprint density at radius 1 is 1.04 bits per heavy atom. The molecule has 4 N–H and O–H groups in total. The van der Waals surface area contributed by atoms with E-state index in [-0.39, 0.29) is 17.5 Å². The van der Waals surface area contributed by atoms with Crippen LogP contribution in [0.5, 0.6) is 23.0 Å². The number of nitrogens with two attached hydrogens (primary N) is 1. The minimum atomic E-state index is 0.145. The molecular formula is C18H22NO4+. The highest BCUT2D eigenvalue weighted by atomic mass is 16.5. The summed E-state index contributed by atoms with van der Waals surface area (Å²) in [6.45, 7) is 1.00. The zero-order valence-electron chi connectivity index (χ0n) is 13.4. The van der Waals surface area contributed by atoms with E-state index in [1.165, 1.54) is 5.56 Å². The van der Waals surface area contributed by atoms with Gasteiger partial charge in [0.25, 0.3) is 0 Å². The first-order chi connectivity index (χ1) is 11.1. The number of rotatable bonds is 4. The maximum atomic E-state index is 10.1. The van der Waals surface area contributed by atoms with Crippen LogP contribution in [0, 0.1) is 0 Å². The van der Waals surface area contributed by atoms with E-state index in [9.17, 15) is 10.2 Å². The largest absolute Gasteiger partial charge is 0.504 e. The molecule has 23 heavy (non-hydrogen) atoms. The highest BCUT2D eigenvalue weighted by Crippen LogP contribution is 2.34. The summed E-state index contributed by atoms with van der Waals surface area (Å²) in [6.07, 6.45) is 1.76. The molecule has 2 aromatic rings. The molecule has 2 aromatic carbocycles. The van der Waals surface area contributed by atoms with Gasteiger partial charge in [-0.05, 0) is 35.4 Å². The number of phenolic OH excluding ortho intramolecular Hbond substituents is 2. The molecule has 0 amide bonds. The van der Waals surface area contributed by atoms with Crippen LogP contribution in [0.25, 0.3) is 0 Å². The smallest absolute Gasteiger partial charge is 0.160 e. The fraction of sp³-hybridized carbons (Fsp3) is 0.333. The Kier molecular flexibility index (Phi) is 4.30. The van der Waals surface area contributed by atoms with E-state index in [4.69, 9.17) is 9.47 Å². The number of quaternary nitrogens is 1. The molecule has 0 spiro atoms. The number of methoxy groups -OCH3 is 2. The van der Waals surface area contributed by atoms with Crippen molar-refractivity contribution < 1.29 is 25.0 Å². The Morgan fingerprint density at radius 2 is 1.78 bits per heavy atom. The van der Waals surface area contributed by atoms with Crippen LogP contribution >= 0.6 is 0 Å². The van der Waals surface area contributed by atoms with E-state index in [0.717, 1.165) is 30.5 Å². The zero-order valence-corrected chi connectivity index (χ0v) is 13.4. The molecule has 0 saturated heterocycles. The second-order valence-corrected chi connectivity index (χ2v) is 5.81. The number of benzene rings is 2. The minimum Gasteiger partial charge on any atom is -0.504 e. The second kappa shape index (κ2) is 6.38. The number of hydrogen-bond donors (Lipinski definition) is 3. The average Bonchev–Trinajstić information content (AvgIpc) is 2.56. The van der Waals surface area contributed by atoms with Gasteiger partial charge in [-0.1, -0.05) is 6.07 Å². The van der Waals surface area contributed by atoms with E-state index in [0.29, 0.717) is 11.5 Å². The highest BCUT2D eigenvalue weighted by Gasteiger charge is 2.25. The van der Waals surface area contributed by atoms with E-state index >= 15 is 0 Å². The molecule has 3 rings (SSSR count). The van der Waals surface area contributed by atoms with Crippen molar-refractivity contribution in [2.45, 2.75) is 18.9 Å². The van der Waals surface area contributed by atoms with Crippen LogP contribution in [0.2, 0.25) is 0 Å². The molecule has 1 unspecified atom stereocenters. The molecule has 5 nitrogen and oxygen atoms in total. The third-order valence-corrected chi connectivity index (χ3v) is 4.40. The first kappa shape index (κ1) is 15.5. The average molecular weight is 316 g/mol. The number of hydrogen-bond acceptors (Lipinski definition) is 4. The third-order valence-electron chi connectivity index (χ3n) is 4.40. The molecule has 1 aliphatic rings. The van der Waals surface area contributed by atoms with Crippen LogP contribution in [-0.2, 0) is 12.8 Å². The van der Waals surface area contributed by atoms with Crippen LogP contribution in [-0.4, -0.2) is 31.0 Å². The van der Waals surface area contributed by atoms with Gasteiger partial charge in [-0.3, -0.25) is 0 Å². The maximum absolute atomic E-state index is 10.1. The van der Waals surface area contributed by atoms with Gasteiger partial charge in [-0.15, -0.1) is 0 Å². The fourth-order valence-electron chi connectivity index (χ4n) is 3.22. The Bertz CT molecular complexity index is 714. The fourth-order valence-corrected chi connectivity index (χ4v) is 3.22. The topological polar surface area (TPSA) is 75.5 Å². The molecule has 0 saturated carbocycles. The van der Waals surface area contributed by atoms with Crippen molar-refractivity contribution in [3.63, 3.8) is 0 Å². The Hall–Kier alpha value is -2.40. The number of fused-ring (bicyclic) bond motifs is 1.